The Bertz CT molecular complexity index is 249. The first kappa shape index (κ1) is 11.9. The van der Waals surface area contributed by atoms with Crippen molar-refractivity contribution in [2.75, 3.05) is 19.8 Å². The number of aliphatic carboxylic acids is 1. The molecule has 1 aliphatic carbocycles. The van der Waals surface area contributed by atoms with E-state index in [0.717, 1.165) is 25.3 Å². The molecule has 0 aromatic heterocycles. The highest BCUT2D eigenvalue weighted by Crippen LogP contribution is 2.29. The summed E-state index contributed by atoms with van der Waals surface area (Å²) in [7, 11) is 0. The molecule has 1 atom stereocenters. The van der Waals surface area contributed by atoms with Crippen LogP contribution in [0, 0.1) is 5.92 Å². The monoisotopic (exact) mass is 227 g/mol. The van der Waals surface area contributed by atoms with Crippen LogP contribution in [0.4, 0.5) is 0 Å². The van der Waals surface area contributed by atoms with Crippen LogP contribution in [0.5, 0.6) is 0 Å². The zero-order chi connectivity index (χ0) is 11.5. The summed E-state index contributed by atoms with van der Waals surface area (Å²) in [5.74, 6) is 0.0684. The van der Waals surface area contributed by atoms with Crippen molar-refractivity contribution in [3.63, 3.8) is 0 Å². The lowest BCUT2D eigenvalue weighted by Crippen LogP contribution is -2.54. The van der Waals surface area contributed by atoms with E-state index in [4.69, 9.17) is 9.84 Å². The summed E-state index contributed by atoms with van der Waals surface area (Å²) in [6, 6.07) is 0.0355. The van der Waals surface area contributed by atoms with E-state index >= 15 is 0 Å². The van der Waals surface area contributed by atoms with Crippen LogP contribution in [0.15, 0.2) is 0 Å². The summed E-state index contributed by atoms with van der Waals surface area (Å²) in [6.45, 7) is 4.08. The molecule has 2 fully saturated rings. The Kier molecular flexibility index (Phi) is 3.82. The maximum absolute atomic E-state index is 11.2. The number of morpholine rings is 1. The zero-order valence-electron chi connectivity index (χ0n) is 9.89. The summed E-state index contributed by atoms with van der Waals surface area (Å²) in [4.78, 5) is 13.3. The van der Waals surface area contributed by atoms with Gasteiger partial charge in [0.2, 0.25) is 0 Å². The summed E-state index contributed by atoms with van der Waals surface area (Å²) in [5, 5.41) is 9.17. The minimum absolute atomic E-state index is 0.349. The van der Waals surface area contributed by atoms with E-state index in [2.05, 4.69) is 11.8 Å². The second-order valence-corrected chi connectivity index (χ2v) is 5.08. The van der Waals surface area contributed by atoms with Crippen LogP contribution in [-0.2, 0) is 9.53 Å². The largest absolute Gasteiger partial charge is 0.480 e. The van der Waals surface area contributed by atoms with Gasteiger partial charge in [0.05, 0.1) is 13.2 Å². The van der Waals surface area contributed by atoms with Gasteiger partial charge in [-0.25, -0.2) is 0 Å². The Morgan fingerprint density at radius 2 is 2.00 bits per heavy atom. The molecular weight excluding hydrogens is 206 g/mol. The first-order valence-electron chi connectivity index (χ1n) is 6.24. The molecule has 0 amide bonds. The van der Waals surface area contributed by atoms with Crippen LogP contribution in [-0.4, -0.2) is 47.8 Å². The van der Waals surface area contributed by atoms with Crippen molar-refractivity contribution in [1.29, 1.82) is 0 Å². The predicted molar refractivity (Wildman–Crippen MR) is 60.4 cm³/mol. The number of ether oxygens (including phenoxy) is 1. The van der Waals surface area contributed by atoms with Gasteiger partial charge in [-0.3, -0.25) is 9.69 Å². The van der Waals surface area contributed by atoms with Crippen molar-refractivity contribution in [1.82, 2.24) is 4.90 Å². The second kappa shape index (κ2) is 5.15. The molecule has 1 N–H and O–H groups in total. The minimum atomic E-state index is -0.738. The molecule has 0 aromatic carbocycles. The smallest absolute Gasteiger partial charge is 0.323 e. The van der Waals surface area contributed by atoms with Gasteiger partial charge in [0.25, 0.3) is 0 Å². The molecule has 0 radical (unpaired) electrons. The lowest BCUT2D eigenvalue weighted by atomic mass is 9.86. The minimum Gasteiger partial charge on any atom is -0.480 e. The first-order chi connectivity index (χ1) is 7.68. The van der Waals surface area contributed by atoms with Gasteiger partial charge in [0, 0.05) is 12.6 Å². The molecule has 4 heteroatoms. The molecular formula is C12H21NO3. The number of hydrogen-bond acceptors (Lipinski definition) is 3. The van der Waals surface area contributed by atoms with Crippen LogP contribution in [0.2, 0.25) is 0 Å². The van der Waals surface area contributed by atoms with E-state index < -0.39 is 12.0 Å². The number of carboxylic acid groups (broad SMARTS) is 1. The summed E-state index contributed by atoms with van der Waals surface area (Å²) in [5.41, 5.74) is 0. The first-order valence-corrected chi connectivity index (χ1v) is 6.24. The Hall–Kier alpha value is -0.610. The highest BCUT2D eigenvalue weighted by atomic mass is 16.5. The van der Waals surface area contributed by atoms with Crippen molar-refractivity contribution in [3.05, 3.63) is 0 Å². The number of nitrogens with zero attached hydrogens (tertiary/aromatic N) is 1. The Morgan fingerprint density at radius 3 is 2.62 bits per heavy atom. The van der Waals surface area contributed by atoms with E-state index in [9.17, 15) is 4.79 Å². The van der Waals surface area contributed by atoms with Crippen molar-refractivity contribution in [3.8, 4) is 0 Å². The second-order valence-electron chi connectivity index (χ2n) is 5.08. The zero-order valence-corrected chi connectivity index (χ0v) is 9.89. The molecule has 1 aliphatic heterocycles. The molecule has 1 saturated heterocycles. The van der Waals surface area contributed by atoms with Crippen molar-refractivity contribution < 1.29 is 14.6 Å². The van der Waals surface area contributed by atoms with Gasteiger partial charge in [0.15, 0.2) is 0 Å². The van der Waals surface area contributed by atoms with E-state index in [-0.39, 0.29) is 0 Å². The SMILES string of the molecule is CC1CCC(N2CCOCC2C(=O)O)CC1. The third-order valence-electron chi connectivity index (χ3n) is 3.91. The molecule has 1 unspecified atom stereocenters. The molecule has 0 aromatic rings. The quantitative estimate of drug-likeness (QED) is 0.773. The Balaban J connectivity index is 1.97. The average Bonchev–Trinajstić information content (AvgIpc) is 2.30. The molecule has 16 heavy (non-hydrogen) atoms. The van der Waals surface area contributed by atoms with Crippen molar-refractivity contribution >= 4 is 5.97 Å². The summed E-state index contributed by atoms with van der Waals surface area (Å²) >= 11 is 0. The van der Waals surface area contributed by atoms with Gasteiger partial charge in [-0.15, -0.1) is 0 Å². The normalized spacial score (nSPS) is 37.2. The van der Waals surface area contributed by atoms with Gasteiger partial charge < -0.3 is 9.84 Å². The van der Waals surface area contributed by atoms with Crippen molar-refractivity contribution in [2.24, 2.45) is 5.92 Å². The van der Waals surface area contributed by atoms with Crippen molar-refractivity contribution in [2.45, 2.75) is 44.7 Å². The van der Waals surface area contributed by atoms with Gasteiger partial charge in [0.1, 0.15) is 6.04 Å². The standard InChI is InChI=1S/C12H21NO3/c1-9-2-4-10(5-3-9)13-6-7-16-8-11(13)12(14)15/h9-11H,2-8H2,1H3,(H,14,15). The number of rotatable bonds is 2. The highest BCUT2D eigenvalue weighted by molar-refractivity contribution is 5.73. The fraction of sp³-hybridized carbons (Fsp3) is 0.917. The maximum Gasteiger partial charge on any atom is 0.323 e. The summed E-state index contributed by atoms with van der Waals surface area (Å²) < 4.78 is 5.26. The fourth-order valence-electron chi connectivity index (χ4n) is 2.84. The van der Waals surface area contributed by atoms with Gasteiger partial charge in [-0.2, -0.15) is 0 Å². The Morgan fingerprint density at radius 1 is 1.31 bits per heavy atom. The molecule has 4 nitrogen and oxygen atoms in total. The predicted octanol–water partition coefficient (Wildman–Crippen LogP) is 1.35. The van der Waals surface area contributed by atoms with Crippen LogP contribution >= 0.6 is 0 Å². The topological polar surface area (TPSA) is 49.8 Å². The van der Waals surface area contributed by atoms with E-state index in [1.165, 1.54) is 12.8 Å². The van der Waals surface area contributed by atoms with Crippen LogP contribution in [0.3, 0.4) is 0 Å². The molecule has 92 valence electrons. The molecule has 1 saturated carbocycles. The highest BCUT2D eigenvalue weighted by Gasteiger charge is 2.35. The Labute approximate surface area is 96.6 Å². The number of carbonyl (C=O) groups is 1. The lowest BCUT2D eigenvalue weighted by molar-refractivity contribution is -0.152. The van der Waals surface area contributed by atoms with Crippen LogP contribution in [0.1, 0.15) is 32.6 Å². The van der Waals surface area contributed by atoms with E-state index in [1.807, 2.05) is 0 Å². The molecule has 0 bridgehead atoms. The fourth-order valence-corrected chi connectivity index (χ4v) is 2.84. The van der Waals surface area contributed by atoms with E-state index in [0.29, 0.717) is 19.3 Å². The molecule has 2 aliphatic rings. The average molecular weight is 227 g/mol. The van der Waals surface area contributed by atoms with Gasteiger partial charge in [-0.1, -0.05) is 6.92 Å². The third kappa shape index (κ3) is 2.55. The lowest BCUT2D eigenvalue weighted by Gasteiger charge is -2.41. The van der Waals surface area contributed by atoms with Gasteiger partial charge in [-0.05, 0) is 31.6 Å². The molecule has 1 heterocycles. The van der Waals surface area contributed by atoms with Gasteiger partial charge >= 0.3 is 5.97 Å². The maximum atomic E-state index is 11.2. The third-order valence-corrected chi connectivity index (χ3v) is 3.91. The van der Waals surface area contributed by atoms with Crippen LogP contribution < -0.4 is 0 Å². The van der Waals surface area contributed by atoms with E-state index in [1.54, 1.807) is 0 Å². The molecule has 2 rings (SSSR count). The number of hydrogen-bond donors (Lipinski definition) is 1. The van der Waals surface area contributed by atoms with Crippen LogP contribution in [0.25, 0.3) is 0 Å². The number of carboxylic acids is 1. The molecule has 0 spiro atoms. The summed E-state index contributed by atoms with van der Waals surface area (Å²) in [6.07, 6.45) is 4.75.